The van der Waals surface area contributed by atoms with Crippen LogP contribution in [0.5, 0.6) is 0 Å². The molecule has 1 aliphatic carbocycles. The quantitative estimate of drug-likeness (QED) is 0.741. The van der Waals surface area contributed by atoms with Crippen molar-refractivity contribution in [2.75, 3.05) is 0 Å². The van der Waals surface area contributed by atoms with Crippen LogP contribution in [0.3, 0.4) is 0 Å². The third-order valence-corrected chi connectivity index (χ3v) is 5.14. The Hall–Kier alpha value is -2.66. The van der Waals surface area contributed by atoms with Crippen molar-refractivity contribution in [1.29, 1.82) is 0 Å². The van der Waals surface area contributed by atoms with Crippen molar-refractivity contribution in [3.8, 4) is 0 Å². The molecule has 0 spiro atoms. The molecular weight excluding hydrogens is 328 g/mol. The van der Waals surface area contributed by atoms with Gasteiger partial charge in [0.1, 0.15) is 5.58 Å². The van der Waals surface area contributed by atoms with Crippen LogP contribution in [0.4, 0.5) is 0 Å². The molecule has 0 unspecified atom stereocenters. The van der Waals surface area contributed by atoms with Crippen LogP contribution in [-0.2, 0) is 6.42 Å². The number of fused-ring (bicyclic) bond motifs is 1. The maximum absolute atomic E-state index is 12.7. The van der Waals surface area contributed by atoms with Gasteiger partial charge in [-0.2, -0.15) is 0 Å². The number of aliphatic hydroxyl groups is 1. The number of hydrogen-bond acceptors (Lipinski definition) is 4. The first kappa shape index (κ1) is 16.8. The highest BCUT2D eigenvalue weighted by Crippen LogP contribution is 2.32. The number of amides is 1. The van der Waals surface area contributed by atoms with Crippen LogP contribution in [0.25, 0.3) is 11.0 Å². The van der Waals surface area contributed by atoms with Gasteiger partial charge in [-0.3, -0.25) is 9.78 Å². The highest BCUT2D eigenvalue weighted by molar-refractivity contribution is 5.96. The van der Waals surface area contributed by atoms with Gasteiger partial charge < -0.3 is 14.8 Å². The number of furan rings is 1. The molecule has 0 aliphatic heterocycles. The number of nitrogens with zero attached hydrogens (tertiary/aromatic N) is 1. The highest BCUT2D eigenvalue weighted by Gasteiger charge is 2.35. The lowest BCUT2D eigenvalue weighted by atomic mass is 9.75. The topological polar surface area (TPSA) is 75.4 Å². The maximum atomic E-state index is 12.7. The van der Waals surface area contributed by atoms with E-state index in [4.69, 9.17) is 4.42 Å². The summed E-state index contributed by atoms with van der Waals surface area (Å²) in [6, 6.07) is 11.5. The predicted octanol–water partition coefficient (Wildman–Crippen LogP) is 3.25. The van der Waals surface area contributed by atoms with Crippen LogP contribution in [0.2, 0.25) is 0 Å². The Morgan fingerprint density at radius 1 is 1.27 bits per heavy atom. The zero-order valence-corrected chi connectivity index (χ0v) is 14.7. The summed E-state index contributed by atoms with van der Waals surface area (Å²) in [7, 11) is 0. The number of hydrogen-bond donors (Lipinski definition) is 2. The van der Waals surface area contributed by atoms with Crippen molar-refractivity contribution in [2.24, 2.45) is 5.92 Å². The largest absolute Gasteiger partial charge is 0.451 e. The first-order chi connectivity index (χ1) is 12.6. The van der Waals surface area contributed by atoms with Gasteiger partial charge >= 0.3 is 0 Å². The van der Waals surface area contributed by atoms with E-state index in [0.29, 0.717) is 17.8 Å². The molecule has 1 aliphatic rings. The standard InChI is InChI=1S/C21H22N2O3/c1-13-2-3-19-16(8-13)12-20(26-19)21(25)23-18(15-10-17(24)11-15)9-14-4-6-22-7-5-14/h2-8,12,15,17-18,24H,9-11H2,1H3,(H,23,25)/t15?,17?,18-/m0/s1. The molecule has 134 valence electrons. The van der Waals surface area contributed by atoms with Crippen molar-refractivity contribution in [2.45, 2.75) is 38.3 Å². The minimum absolute atomic E-state index is 0.0387. The van der Waals surface area contributed by atoms with E-state index in [2.05, 4.69) is 10.3 Å². The maximum Gasteiger partial charge on any atom is 0.287 e. The lowest BCUT2D eigenvalue weighted by Gasteiger charge is -2.38. The number of rotatable bonds is 5. The van der Waals surface area contributed by atoms with Gasteiger partial charge in [-0.15, -0.1) is 0 Å². The van der Waals surface area contributed by atoms with Crippen LogP contribution in [0.15, 0.2) is 53.2 Å². The Bertz CT molecular complexity index is 913. The predicted molar refractivity (Wildman–Crippen MR) is 98.9 cm³/mol. The average molecular weight is 350 g/mol. The Kier molecular flexibility index (Phi) is 4.47. The molecule has 3 aromatic rings. The van der Waals surface area contributed by atoms with Crippen LogP contribution < -0.4 is 5.32 Å². The second-order valence-electron chi connectivity index (χ2n) is 7.18. The van der Waals surface area contributed by atoms with E-state index < -0.39 is 0 Å². The molecule has 5 heteroatoms. The summed E-state index contributed by atoms with van der Waals surface area (Å²) in [5.74, 6) is 0.387. The summed E-state index contributed by atoms with van der Waals surface area (Å²) in [5, 5.41) is 13.7. The smallest absolute Gasteiger partial charge is 0.287 e. The normalized spacial score (nSPS) is 20.5. The van der Waals surface area contributed by atoms with Crippen LogP contribution >= 0.6 is 0 Å². The van der Waals surface area contributed by atoms with E-state index in [0.717, 1.165) is 29.4 Å². The molecule has 2 N–H and O–H groups in total. The van der Waals surface area contributed by atoms with Crippen molar-refractivity contribution in [1.82, 2.24) is 10.3 Å². The van der Waals surface area contributed by atoms with E-state index in [1.807, 2.05) is 37.3 Å². The first-order valence-electron chi connectivity index (χ1n) is 8.96. The summed E-state index contributed by atoms with van der Waals surface area (Å²) in [6.07, 6.45) is 5.40. The molecule has 4 rings (SSSR count). The number of aryl methyl sites for hydroxylation is 1. The molecular formula is C21H22N2O3. The fourth-order valence-corrected chi connectivity index (χ4v) is 3.58. The molecule has 1 fully saturated rings. The molecule has 2 aromatic heterocycles. The number of nitrogens with one attached hydrogen (secondary N) is 1. The van der Waals surface area contributed by atoms with Crippen LogP contribution in [0, 0.1) is 12.8 Å². The fraction of sp³-hybridized carbons (Fsp3) is 0.333. The molecule has 26 heavy (non-hydrogen) atoms. The molecule has 0 radical (unpaired) electrons. The summed E-state index contributed by atoms with van der Waals surface area (Å²) >= 11 is 0. The number of carbonyl (C=O) groups is 1. The fourth-order valence-electron chi connectivity index (χ4n) is 3.58. The second-order valence-corrected chi connectivity index (χ2v) is 7.18. The monoisotopic (exact) mass is 350 g/mol. The summed E-state index contributed by atoms with van der Waals surface area (Å²) < 4.78 is 5.72. The highest BCUT2D eigenvalue weighted by atomic mass is 16.3. The van der Waals surface area contributed by atoms with Crippen molar-refractivity contribution in [3.63, 3.8) is 0 Å². The van der Waals surface area contributed by atoms with Gasteiger partial charge in [0.2, 0.25) is 0 Å². The second kappa shape index (κ2) is 6.92. The van der Waals surface area contributed by atoms with Gasteiger partial charge in [0, 0.05) is 23.8 Å². The van der Waals surface area contributed by atoms with Gasteiger partial charge in [0.25, 0.3) is 5.91 Å². The Balaban J connectivity index is 1.52. The van der Waals surface area contributed by atoms with Crippen molar-refractivity contribution < 1.29 is 14.3 Å². The van der Waals surface area contributed by atoms with Gasteiger partial charge in [-0.25, -0.2) is 0 Å². The Morgan fingerprint density at radius 2 is 2.04 bits per heavy atom. The average Bonchev–Trinajstić information content (AvgIpc) is 3.02. The molecule has 1 amide bonds. The lowest BCUT2D eigenvalue weighted by molar-refractivity contribution is 0.0236. The van der Waals surface area contributed by atoms with E-state index in [9.17, 15) is 9.90 Å². The number of carbonyl (C=O) groups excluding carboxylic acids is 1. The number of aromatic nitrogens is 1. The summed E-state index contributed by atoms with van der Waals surface area (Å²) in [5.41, 5.74) is 2.96. The van der Waals surface area contributed by atoms with E-state index in [1.165, 1.54) is 0 Å². The third-order valence-electron chi connectivity index (χ3n) is 5.14. The third kappa shape index (κ3) is 3.48. The number of benzene rings is 1. The van der Waals surface area contributed by atoms with E-state index >= 15 is 0 Å². The van der Waals surface area contributed by atoms with Gasteiger partial charge in [0.15, 0.2) is 5.76 Å². The zero-order chi connectivity index (χ0) is 18.1. The molecule has 5 nitrogen and oxygen atoms in total. The molecule has 1 saturated carbocycles. The molecule has 0 saturated heterocycles. The summed E-state index contributed by atoms with van der Waals surface area (Å²) in [6.45, 7) is 2.01. The number of aliphatic hydroxyl groups excluding tert-OH is 1. The molecule has 2 heterocycles. The summed E-state index contributed by atoms with van der Waals surface area (Å²) in [4.78, 5) is 16.8. The van der Waals surface area contributed by atoms with E-state index in [1.54, 1.807) is 18.5 Å². The minimum atomic E-state index is -0.258. The zero-order valence-electron chi connectivity index (χ0n) is 14.7. The Morgan fingerprint density at radius 3 is 2.77 bits per heavy atom. The molecule has 0 bridgehead atoms. The van der Waals surface area contributed by atoms with Gasteiger partial charge in [0.05, 0.1) is 6.10 Å². The number of pyridine rings is 1. The Labute approximate surface area is 152 Å². The van der Waals surface area contributed by atoms with Gasteiger partial charge in [-0.1, -0.05) is 11.6 Å². The minimum Gasteiger partial charge on any atom is -0.451 e. The lowest BCUT2D eigenvalue weighted by Crippen LogP contribution is -2.48. The molecule has 1 atom stereocenters. The van der Waals surface area contributed by atoms with Crippen LogP contribution in [0.1, 0.15) is 34.5 Å². The first-order valence-corrected chi connectivity index (χ1v) is 8.96. The van der Waals surface area contributed by atoms with Crippen LogP contribution in [-0.4, -0.2) is 28.1 Å². The SMILES string of the molecule is Cc1ccc2oc(C(=O)N[C@@H](Cc3ccncc3)C3CC(O)C3)cc2c1. The van der Waals surface area contributed by atoms with Gasteiger partial charge in [-0.05, 0) is 68.0 Å². The van der Waals surface area contributed by atoms with Crippen molar-refractivity contribution in [3.05, 3.63) is 65.7 Å². The molecule has 1 aromatic carbocycles. The van der Waals surface area contributed by atoms with E-state index in [-0.39, 0.29) is 24.0 Å². The van der Waals surface area contributed by atoms with Crippen molar-refractivity contribution >= 4 is 16.9 Å².